The third-order valence-electron chi connectivity index (χ3n) is 0.418. The van der Waals surface area contributed by atoms with E-state index in [0.29, 0.717) is 0 Å². The van der Waals surface area contributed by atoms with Gasteiger partial charge in [0.25, 0.3) is 0 Å². The van der Waals surface area contributed by atoms with E-state index < -0.39 is 0 Å². The highest BCUT2D eigenvalue weighted by Crippen LogP contribution is 1.95. The molecule has 0 aromatic heterocycles. The van der Waals surface area contributed by atoms with Crippen molar-refractivity contribution in [3.8, 4) is 0 Å². The van der Waals surface area contributed by atoms with Gasteiger partial charge in [-0.1, -0.05) is 6.92 Å². The number of rotatable bonds is 1. The van der Waals surface area contributed by atoms with Crippen LogP contribution in [-0.2, 0) is 0 Å². The van der Waals surface area contributed by atoms with Crippen molar-refractivity contribution in [1.82, 2.24) is 0 Å². The van der Waals surface area contributed by atoms with E-state index in [1.807, 2.05) is 6.92 Å². The van der Waals surface area contributed by atoms with Crippen LogP contribution < -0.4 is 0 Å². The van der Waals surface area contributed by atoms with E-state index in [1.54, 1.807) is 0 Å². The van der Waals surface area contributed by atoms with Gasteiger partial charge in [0.05, 0.1) is 5.85 Å². The van der Waals surface area contributed by atoms with Crippen molar-refractivity contribution in [1.29, 1.82) is 0 Å². The highest BCUT2D eigenvalue weighted by Gasteiger charge is 1.81. The van der Waals surface area contributed by atoms with Gasteiger partial charge in [0, 0.05) is 7.11 Å². The quantitative estimate of drug-likeness (QED) is 0.490. The summed E-state index contributed by atoms with van der Waals surface area (Å²) in [5.41, 5.74) is 0. The minimum Gasteiger partial charge on any atom is -0.400 e. The summed E-state index contributed by atoms with van der Waals surface area (Å²) in [7, 11) is 3.29. The van der Waals surface area contributed by atoms with Crippen molar-refractivity contribution in [3.63, 3.8) is 0 Å². The van der Waals surface area contributed by atoms with Gasteiger partial charge in [-0.3, -0.25) is 0 Å². The van der Waals surface area contributed by atoms with Crippen molar-refractivity contribution >= 4 is 9.24 Å². The van der Waals surface area contributed by atoms with Crippen molar-refractivity contribution in [2.75, 3.05) is 7.11 Å². The maximum Gasteiger partial charge on any atom is 0.0671 e. The van der Waals surface area contributed by atoms with E-state index in [-0.39, 0.29) is 5.85 Å². The molecule has 0 spiro atoms. The van der Waals surface area contributed by atoms with Gasteiger partial charge in [0.1, 0.15) is 0 Å². The highest BCUT2D eigenvalue weighted by molar-refractivity contribution is 7.17. The summed E-state index contributed by atoms with van der Waals surface area (Å²) in [5, 5.41) is 15.3. The van der Waals surface area contributed by atoms with Gasteiger partial charge in [-0.05, 0) is 6.42 Å². The lowest BCUT2D eigenvalue weighted by Crippen LogP contribution is -1.87. The van der Waals surface area contributed by atoms with Gasteiger partial charge >= 0.3 is 0 Å². The van der Waals surface area contributed by atoms with Gasteiger partial charge in [-0.2, -0.15) is 0 Å². The number of aliphatic hydroxyl groups is 2. The molecule has 0 amide bonds. The van der Waals surface area contributed by atoms with Crippen LogP contribution in [0.5, 0.6) is 0 Å². The second-order valence-corrected chi connectivity index (χ2v) is 1.75. The summed E-state index contributed by atoms with van der Waals surface area (Å²) in [6, 6.07) is 0. The molecule has 2 unspecified atom stereocenters. The SMILES string of the molecule is CCC(O)P.CO. The standard InChI is InChI=1S/C3H9OP.CH4O/c1-2-3(4)5;1-2/h3-4H,2,5H2,1H3;2H,1H3. The van der Waals surface area contributed by atoms with Crippen LogP contribution in [0.3, 0.4) is 0 Å². The number of aliphatic hydroxyl groups excluding tert-OH is 2. The monoisotopic (exact) mass is 124 g/mol. The molecule has 0 aliphatic carbocycles. The van der Waals surface area contributed by atoms with Crippen LogP contribution in [0.2, 0.25) is 0 Å². The van der Waals surface area contributed by atoms with Crippen molar-refractivity contribution in [2.24, 2.45) is 0 Å². The zero-order chi connectivity index (χ0) is 6.28. The van der Waals surface area contributed by atoms with Crippen molar-refractivity contribution in [3.05, 3.63) is 0 Å². The summed E-state index contributed by atoms with van der Waals surface area (Å²) >= 11 is 0. The Kier molecular flexibility index (Phi) is 14.2. The van der Waals surface area contributed by atoms with Crippen molar-refractivity contribution < 1.29 is 10.2 Å². The Balaban J connectivity index is 0. The molecule has 0 saturated carbocycles. The third kappa shape index (κ3) is 21.8. The zero-order valence-electron chi connectivity index (χ0n) is 4.76. The molecule has 2 N–H and O–H groups in total. The molecular formula is C4H13O2P. The topological polar surface area (TPSA) is 40.5 Å². The van der Waals surface area contributed by atoms with Crippen LogP contribution >= 0.6 is 9.24 Å². The first-order valence-corrected chi connectivity index (χ1v) is 2.82. The molecule has 0 aliphatic heterocycles. The molecule has 0 radical (unpaired) electrons. The second-order valence-electron chi connectivity index (χ2n) is 0.976. The predicted octanol–water partition coefficient (Wildman–Crippen LogP) is 0.198. The van der Waals surface area contributed by atoms with E-state index in [2.05, 4.69) is 9.24 Å². The number of hydrogen-bond acceptors (Lipinski definition) is 2. The molecule has 0 bridgehead atoms. The molecule has 3 heteroatoms. The highest BCUT2D eigenvalue weighted by atomic mass is 31.0. The van der Waals surface area contributed by atoms with Crippen LogP contribution in [0.4, 0.5) is 0 Å². The van der Waals surface area contributed by atoms with Crippen LogP contribution in [0.1, 0.15) is 13.3 Å². The Labute approximate surface area is 46.8 Å². The molecule has 7 heavy (non-hydrogen) atoms. The first-order valence-electron chi connectivity index (χ1n) is 2.15. The minimum absolute atomic E-state index is 0.199. The lowest BCUT2D eigenvalue weighted by atomic mass is 10.5. The van der Waals surface area contributed by atoms with Crippen molar-refractivity contribution in [2.45, 2.75) is 19.2 Å². The molecule has 2 atom stereocenters. The Hall–Kier alpha value is 0.350. The summed E-state index contributed by atoms with van der Waals surface area (Å²) < 4.78 is 0. The first-order chi connectivity index (χ1) is 3.27. The Morgan fingerprint density at radius 3 is 1.71 bits per heavy atom. The molecule has 0 aromatic rings. The molecule has 0 rings (SSSR count). The summed E-state index contributed by atoms with van der Waals surface area (Å²) in [5.74, 6) is -0.199. The van der Waals surface area contributed by atoms with E-state index in [4.69, 9.17) is 10.2 Å². The molecule has 0 heterocycles. The normalized spacial score (nSPS) is 11.6. The van der Waals surface area contributed by atoms with Gasteiger partial charge in [0.2, 0.25) is 0 Å². The molecule has 0 saturated heterocycles. The smallest absolute Gasteiger partial charge is 0.0671 e. The van der Waals surface area contributed by atoms with Gasteiger partial charge in [0.15, 0.2) is 0 Å². The Morgan fingerprint density at radius 1 is 1.57 bits per heavy atom. The molecule has 46 valence electrons. The summed E-state index contributed by atoms with van der Waals surface area (Å²) in [6.45, 7) is 1.93. The molecular weight excluding hydrogens is 111 g/mol. The minimum atomic E-state index is -0.199. The average molecular weight is 124 g/mol. The lowest BCUT2D eigenvalue weighted by Gasteiger charge is -1.90. The third-order valence-corrected chi connectivity index (χ3v) is 0.890. The second kappa shape index (κ2) is 9.61. The zero-order valence-corrected chi connectivity index (χ0v) is 5.91. The fourth-order valence-corrected chi connectivity index (χ4v) is 0. The van der Waals surface area contributed by atoms with Gasteiger partial charge in [-0.25, -0.2) is 0 Å². The van der Waals surface area contributed by atoms with E-state index in [0.717, 1.165) is 13.5 Å². The van der Waals surface area contributed by atoms with E-state index in [9.17, 15) is 0 Å². The summed E-state index contributed by atoms with van der Waals surface area (Å²) in [4.78, 5) is 0. The van der Waals surface area contributed by atoms with Crippen LogP contribution in [-0.4, -0.2) is 23.2 Å². The Bertz CT molecular complexity index is 23.7. The maximum absolute atomic E-state index is 8.32. The largest absolute Gasteiger partial charge is 0.400 e. The van der Waals surface area contributed by atoms with Crippen LogP contribution in [0.15, 0.2) is 0 Å². The molecule has 2 nitrogen and oxygen atoms in total. The predicted molar refractivity (Wildman–Crippen MR) is 34.2 cm³/mol. The van der Waals surface area contributed by atoms with Gasteiger partial charge in [-0.15, -0.1) is 9.24 Å². The van der Waals surface area contributed by atoms with Crippen LogP contribution in [0.25, 0.3) is 0 Å². The fourth-order valence-electron chi connectivity index (χ4n) is 0. The van der Waals surface area contributed by atoms with E-state index >= 15 is 0 Å². The maximum atomic E-state index is 8.32. The summed E-state index contributed by atoms with van der Waals surface area (Å²) in [6.07, 6.45) is 0.824. The molecule has 0 aliphatic rings. The van der Waals surface area contributed by atoms with E-state index in [1.165, 1.54) is 0 Å². The molecule has 0 fully saturated rings. The fraction of sp³-hybridized carbons (Fsp3) is 1.00. The Morgan fingerprint density at radius 2 is 1.71 bits per heavy atom. The average Bonchev–Trinajstić information content (AvgIpc) is 1.73. The molecule has 0 aromatic carbocycles. The lowest BCUT2D eigenvalue weighted by molar-refractivity contribution is 0.258. The number of hydrogen-bond donors (Lipinski definition) is 2. The first kappa shape index (κ1) is 10.4. The van der Waals surface area contributed by atoms with Gasteiger partial charge < -0.3 is 10.2 Å². The van der Waals surface area contributed by atoms with Crippen LogP contribution in [0, 0.1) is 0 Å².